The van der Waals surface area contributed by atoms with Crippen LogP contribution in [0.15, 0.2) is 55.1 Å². The summed E-state index contributed by atoms with van der Waals surface area (Å²) in [5.41, 5.74) is 8.45. The normalized spacial score (nSPS) is 14.8. The predicted octanol–water partition coefficient (Wildman–Crippen LogP) is 3.95. The molecule has 0 saturated carbocycles. The molecular formula is C27H32N8O2Si. The number of carbonyl (C=O) groups excluding carboxylic acids is 1. The van der Waals surface area contributed by atoms with E-state index in [2.05, 4.69) is 40.8 Å². The average molecular weight is 529 g/mol. The van der Waals surface area contributed by atoms with Crippen molar-refractivity contribution in [1.29, 1.82) is 5.26 Å². The maximum Gasteiger partial charge on any atom is 0.254 e. The number of ether oxygens (including phenoxy) is 1. The van der Waals surface area contributed by atoms with E-state index in [1.54, 1.807) is 21.7 Å². The number of carbonyl (C=O) groups is 1. The minimum Gasteiger partial charge on any atom is -0.382 e. The van der Waals surface area contributed by atoms with E-state index in [4.69, 9.17) is 10.5 Å². The second-order valence-corrected chi connectivity index (χ2v) is 16.7. The van der Waals surface area contributed by atoms with Gasteiger partial charge in [-0.1, -0.05) is 37.8 Å². The van der Waals surface area contributed by atoms with Crippen molar-refractivity contribution in [3.63, 3.8) is 0 Å². The summed E-state index contributed by atoms with van der Waals surface area (Å²) in [6.45, 7) is 8.86. The summed E-state index contributed by atoms with van der Waals surface area (Å²) in [5.74, 6) is 0.250. The Morgan fingerprint density at radius 2 is 1.95 bits per heavy atom. The fourth-order valence-electron chi connectivity index (χ4n) is 4.73. The quantitative estimate of drug-likeness (QED) is 0.257. The molecule has 11 heteroatoms. The standard InChI is InChI=1S/C27H32N8O2Si/c1-38(2,3)14-13-37-19-33-12-9-21-23(30-18-31-25(21)33)22-15-35(32-24(22)29)27(10-11-28)16-34(17-27)26(36)20-7-5-4-6-8-20/h4-9,12,15,18H,10,13-14,16-17,19H2,1-3H3,(H2,29,32). The Kier molecular flexibility index (Phi) is 6.77. The molecule has 0 bridgehead atoms. The van der Waals surface area contributed by atoms with Crippen LogP contribution < -0.4 is 5.73 Å². The zero-order valence-corrected chi connectivity index (χ0v) is 23.0. The molecule has 3 aromatic heterocycles. The molecule has 196 valence electrons. The molecule has 1 aliphatic rings. The SMILES string of the molecule is C[Si](C)(C)CCOCn1ccc2c(-c3cn(C4(CC#N)CN(C(=O)c5ccccc5)C4)nc3N)ncnc21. The molecule has 1 amide bonds. The first kappa shape index (κ1) is 25.6. The number of likely N-dealkylation sites (tertiary alicyclic amines) is 1. The lowest BCUT2D eigenvalue weighted by molar-refractivity contribution is 0.00873. The Hall–Kier alpha value is -4.01. The molecule has 1 fully saturated rings. The van der Waals surface area contributed by atoms with Gasteiger partial charge in [0.15, 0.2) is 5.82 Å². The zero-order chi connectivity index (χ0) is 26.9. The first-order valence-electron chi connectivity index (χ1n) is 12.7. The van der Waals surface area contributed by atoms with Gasteiger partial charge in [0.1, 0.15) is 24.2 Å². The minimum absolute atomic E-state index is 0.0644. The van der Waals surface area contributed by atoms with E-state index in [0.717, 1.165) is 23.7 Å². The molecule has 10 nitrogen and oxygen atoms in total. The molecule has 0 aliphatic carbocycles. The van der Waals surface area contributed by atoms with Gasteiger partial charge in [-0.3, -0.25) is 9.48 Å². The Labute approximate surface area is 222 Å². The molecule has 5 rings (SSSR count). The van der Waals surface area contributed by atoms with Crippen LogP contribution in [0.2, 0.25) is 25.7 Å². The summed E-state index contributed by atoms with van der Waals surface area (Å²) in [7, 11) is -1.16. The van der Waals surface area contributed by atoms with Crippen molar-refractivity contribution < 1.29 is 9.53 Å². The Morgan fingerprint density at radius 1 is 1.18 bits per heavy atom. The molecule has 0 radical (unpaired) electrons. The molecule has 4 aromatic rings. The first-order chi connectivity index (χ1) is 18.2. The van der Waals surface area contributed by atoms with Crippen molar-refractivity contribution in [2.45, 2.75) is 44.4 Å². The molecule has 1 saturated heterocycles. The summed E-state index contributed by atoms with van der Waals surface area (Å²) < 4.78 is 9.62. The van der Waals surface area contributed by atoms with Gasteiger partial charge in [0.05, 0.1) is 23.7 Å². The van der Waals surface area contributed by atoms with Crippen LogP contribution in [-0.2, 0) is 17.0 Å². The lowest BCUT2D eigenvalue weighted by Crippen LogP contribution is -2.64. The Morgan fingerprint density at radius 3 is 2.66 bits per heavy atom. The maximum atomic E-state index is 12.9. The highest BCUT2D eigenvalue weighted by Crippen LogP contribution is 2.37. The van der Waals surface area contributed by atoms with Crippen molar-refractivity contribution in [1.82, 2.24) is 29.2 Å². The summed E-state index contributed by atoms with van der Waals surface area (Å²) in [5, 5.41) is 15.0. The highest BCUT2D eigenvalue weighted by Gasteiger charge is 2.48. The number of nitrogen functional groups attached to an aromatic ring is 1. The third kappa shape index (κ3) is 4.92. The fourth-order valence-corrected chi connectivity index (χ4v) is 5.49. The van der Waals surface area contributed by atoms with Gasteiger partial charge in [-0.2, -0.15) is 10.4 Å². The largest absolute Gasteiger partial charge is 0.382 e. The van der Waals surface area contributed by atoms with Crippen LogP contribution in [0.1, 0.15) is 16.8 Å². The second-order valence-electron chi connectivity index (χ2n) is 11.1. The highest BCUT2D eigenvalue weighted by atomic mass is 28.3. The predicted molar refractivity (Wildman–Crippen MR) is 148 cm³/mol. The zero-order valence-electron chi connectivity index (χ0n) is 22.0. The number of nitriles is 1. The number of nitrogens with zero attached hydrogens (tertiary/aromatic N) is 7. The van der Waals surface area contributed by atoms with Crippen LogP contribution in [0.3, 0.4) is 0 Å². The number of nitrogens with two attached hydrogens (primary N) is 1. The van der Waals surface area contributed by atoms with Crippen LogP contribution >= 0.6 is 0 Å². The minimum atomic E-state index is -1.16. The number of hydrogen-bond acceptors (Lipinski definition) is 7. The Balaban J connectivity index is 1.38. The third-order valence-electron chi connectivity index (χ3n) is 6.95. The van der Waals surface area contributed by atoms with Crippen LogP contribution in [0.25, 0.3) is 22.3 Å². The van der Waals surface area contributed by atoms with Crippen LogP contribution in [0, 0.1) is 11.3 Å². The molecule has 0 atom stereocenters. The van der Waals surface area contributed by atoms with Crippen molar-refractivity contribution in [3.05, 3.63) is 60.7 Å². The molecule has 4 heterocycles. The van der Waals surface area contributed by atoms with Crippen molar-refractivity contribution >= 4 is 30.8 Å². The summed E-state index contributed by atoms with van der Waals surface area (Å²) in [4.78, 5) is 23.6. The molecule has 2 N–H and O–H groups in total. The van der Waals surface area contributed by atoms with E-state index in [9.17, 15) is 10.1 Å². The number of hydrogen-bond donors (Lipinski definition) is 1. The third-order valence-corrected chi connectivity index (χ3v) is 8.66. The van der Waals surface area contributed by atoms with Gasteiger partial charge in [0.25, 0.3) is 5.91 Å². The lowest BCUT2D eigenvalue weighted by Gasteiger charge is -2.49. The van der Waals surface area contributed by atoms with Gasteiger partial charge in [-0.05, 0) is 24.2 Å². The molecular weight excluding hydrogens is 496 g/mol. The van der Waals surface area contributed by atoms with E-state index < -0.39 is 13.6 Å². The van der Waals surface area contributed by atoms with Gasteiger partial charge in [-0.15, -0.1) is 0 Å². The first-order valence-corrected chi connectivity index (χ1v) is 16.4. The van der Waals surface area contributed by atoms with Gasteiger partial charge in [0.2, 0.25) is 0 Å². The number of aromatic nitrogens is 5. The number of rotatable bonds is 9. The van der Waals surface area contributed by atoms with Gasteiger partial charge in [-0.25, -0.2) is 9.97 Å². The number of anilines is 1. The van der Waals surface area contributed by atoms with E-state index >= 15 is 0 Å². The van der Waals surface area contributed by atoms with Crippen LogP contribution in [0.5, 0.6) is 0 Å². The molecule has 0 unspecified atom stereocenters. The molecule has 1 aromatic carbocycles. The summed E-state index contributed by atoms with van der Waals surface area (Å²) >= 11 is 0. The molecule has 0 spiro atoms. The van der Waals surface area contributed by atoms with E-state index in [-0.39, 0.29) is 12.3 Å². The lowest BCUT2D eigenvalue weighted by atomic mass is 9.86. The summed E-state index contributed by atoms with van der Waals surface area (Å²) in [6.07, 6.45) is 5.49. The van der Waals surface area contributed by atoms with Crippen LogP contribution in [0.4, 0.5) is 5.82 Å². The number of fused-ring (bicyclic) bond motifs is 1. The fraction of sp³-hybridized carbons (Fsp3) is 0.370. The number of amides is 1. The second kappa shape index (κ2) is 10.0. The van der Waals surface area contributed by atoms with Crippen molar-refractivity contribution in [2.75, 3.05) is 25.4 Å². The average Bonchev–Trinajstić information content (AvgIpc) is 3.47. The summed E-state index contributed by atoms with van der Waals surface area (Å²) in [6, 6.07) is 14.5. The van der Waals surface area contributed by atoms with Gasteiger partial charge in [0, 0.05) is 51.1 Å². The van der Waals surface area contributed by atoms with E-state index in [0.29, 0.717) is 42.5 Å². The van der Waals surface area contributed by atoms with Gasteiger partial charge >= 0.3 is 0 Å². The van der Waals surface area contributed by atoms with Crippen molar-refractivity contribution in [2.24, 2.45) is 0 Å². The topological polar surface area (TPSA) is 128 Å². The smallest absolute Gasteiger partial charge is 0.254 e. The van der Waals surface area contributed by atoms with Gasteiger partial charge < -0.3 is 19.9 Å². The molecule has 1 aliphatic heterocycles. The monoisotopic (exact) mass is 528 g/mol. The van der Waals surface area contributed by atoms with E-state index in [1.807, 2.05) is 41.2 Å². The maximum absolute atomic E-state index is 12.9. The van der Waals surface area contributed by atoms with E-state index in [1.165, 1.54) is 6.33 Å². The molecule has 38 heavy (non-hydrogen) atoms. The number of benzene rings is 1. The van der Waals surface area contributed by atoms with Crippen LogP contribution in [-0.4, -0.2) is 62.9 Å². The Bertz CT molecular complexity index is 1490. The highest BCUT2D eigenvalue weighted by molar-refractivity contribution is 6.76. The van der Waals surface area contributed by atoms with Crippen molar-refractivity contribution in [3.8, 4) is 17.3 Å².